The van der Waals surface area contributed by atoms with Crippen LogP contribution in [-0.2, 0) is 46.6 Å². The van der Waals surface area contributed by atoms with Crippen LogP contribution in [0.2, 0.25) is 30.7 Å². The lowest BCUT2D eigenvalue weighted by Crippen LogP contribution is -2.41. The molecule has 47 heavy (non-hydrogen) atoms. The molecule has 0 fully saturated rings. The molecule has 0 aliphatic carbocycles. The fraction of sp³-hybridized carbons (Fsp3) is 0.613. The molecule has 0 aliphatic heterocycles. The number of esters is 2. The van der Waals surface area contributed by atoms with Gasteiger partial charge in [-0.25, -0.2) is 9.78 Å². The van der Waals surface area contributed by atoms with Crippen LogP contribution in [0.5, 0.6) is 0 Å². The zero-order valence-corrected chi connectivity index (χ0v) is 30.9. The number of nitro benzene ring substituents is 1. The number of amides is 1. The molecule has 0 bridgehead atoms. The number of hydrogen-bond acceptors (Lipinski definition) is 11. The summed E-state index contributed by atoms with van der Waals surface area (Å²) in [4.78, 5) is 55.5. The fourth-order valence-electron chi connectivity index (χ4n) is 4.45. The van der Waals surface area contributed by atoms with Gasteiger partial charge in [-0.2, -0.15) is 0 Å². The van der Waals surface area contributed by atoms with Gasteiger partial charge in [-0.05, 0) is 52.8 Å². The van der Waals surface area contributed by atoms with Crippen molar-refractivity contribution in [2.45, 2.75) is 91.2 Å². The second-order valence-electron chi connectivity index (χ2n) is 13.3. The van der Waals surface area contributed by atoms with Crippen LogP contribution >= 0.6 is 11.6 Å². The van der Waals surface area contributed by atoms with Crippen LogP contribution in [0.25, 0.3) is 11.3 Å². The van der Waals surface area contributed by atoms with E-state index in [1.54, 1.807) is 39.3 Å². The van der Waals surface area contributed by atoms with Gasteiger partial charge in [0.2, 0.25) is 0 Å². The highest BCUT2D eigenvalue weighted by Crippen LogP contribution is 2.40. The highest BCUT2D eigenvalue weighted by atomic mass is 35.5. The maximum atomic E-state index is 12.7. The van der Waals surface area contributed by atoms with Crippen LogP contribution in [0, 0.1) is 17.0 Å². The molecular weight excluding hydrogens is 652 g/mol. The fourth-order valence-corrected chi connectivity index (χ4v) is 5.50. The number of imidazole rings is 1. The van der Waals surface area contributed by atoms with E-state index in [1.165, 1.54) is 17.0 Å². The summed E-state index contributed by atoms with van der Waals surface area (Å²) in [5.74, 6) is -3.34. The monoisotopic (exact) mass is 698 g/mol. The SMILES string of the molecule is COC(=O)C(C(=O)OC)c1cc(-c2c(COCC(C)N(C)C(=O)OC(C)(C)C)nc(C)n2COCC[Si](C)(C)C)cc(Cl)c1[N+](=O)[O-]. The first kappa shape index (κ1) is 39.6. The van der Waals surface area contributed by atoms with Gasteiger partial charge in [0, 0.05) is 27.3 Å². The third kappa shape index (κ3) is 11.0. The van der Waals surface area contributed by atoms with Gasteiger partial charge in [0.15, 0.2) is 5.92 Å². The number of benzene rings is 1. The zero-order chi connectivity index (χ0) is 35.9. The van der Waals surface area contributed by atoms with Gasteiger partial charge in [-0.1, -0.05) is 31.2 Å². The average molecular weight is 699 g/mol. The van der Waals surface area contributed by atoms with Crippen molar-refractivity contribution in [1.82, 2.24) is 14.5 Å². The lowest BCUT2D eigenvalue weighted by molar-refractivity contribution is -0.385. The van der Waals surface area contributed by atoms with E-state index in [1.807, 2.05) is 6.92 Å². The van der Waals surface area contributed by atoms with Crippen LogP contribution in [0.15, 0.2) is 12.1 Å². The van der Waals surface area contributed by atoms with Crippen molar-refractivity contribution >= 4 is 43.4 Å². The number of rotatable bonds is 15. The highest BCUT2D eigenvalue weighted by Gasteiger charge is 2.38. The number of aryl methyl sites for hydroxylation is 1. The first-order chi connectivity index (χ1) is 21.7. The summed E-state index contributed by atoms with van der Waals surface area (Å²) < 4.78 is 28.9. The Labute approximate surface area is 281 Å². The number of carbonyl (C=O) groups excluding carboxylic acids is 3. The summed E-state index contributed by atoms with van der Waals surface area (Å²) in [5, 5.41) is 11.8. The van der Waals surface area contributed by atoms with Crippen LogP contribution < -0.4 is 0 Å². The van der Waals surface area contributed by atoms with E-state index < -0.39 is 48.2 Å². The van der Waals surface area contributed by atoms with Crippen LogP contribution in [0.3, 0.4) is 0 Å². The van der Waals surface area contributed by atoms with Crippen molar-refractivity contribution in [2.24, 2.45) is 0 Å². The van der Waals surface area contributed by atoms with Gasteiger partial charge < -0.3 is 33.2 Å². The van der Waals surface area contributed by atoms with E-state index in [0.717, 1.165) is 20.3 Å². The minimum Gasteiger partial charge on any atom is -0.468 e. The molecule has 0 N–H and O–H groups in total. The van der Waals surface area contributed by atoms with Crippen molar-refractivity contribution < 1.29 is 43.0 Å². The average Bonchev–Trinajstić information content (AvgIpc) is 3.27. The number of methoxy groups -OCH3 is 2. The molecule has 1 amide bonds. The molecule has 1 aromatic carbocycles. The Bertz CT molecular complexity index is 1440. The summed E-state index contributed by atoms with van der Waals surface area (Å²) >= 11 is 6.48. The largest absolute Gasteiger partial charge is 0.468 e. The second kappa shape index (κ2) is 16.5. The number of ether oxygens (including phenoxy) is 5. The summed E-state index contributed by atoms with van der Waals surface area (Å²) in [6.45, 7) is 16.3. The smallest absolute Gasteiger partial charge is 0.410 e. The molecule has 1 aromatic heterocycles. The number of aromatic nitrogens is 2. The summed E-state index contributed by atoms with van der Waals surface area (Å²) in [6.07, 6.45) is -0.497. The molecule has 1 heterocycles. The number of nitrogens with zero attached hydrogens (tertiary/aromatic N) is 4. The van der Waals surface area contributed by atoms with Gasteiger partial charge in [0.1, 0.15) is 23.2 Å². The van der Waals surface area contributed by atoms with Crippen molar-refractivity contribution in [3.63, 3.8) is 0 Å². The minimum atomic E-state index is -1.78. The lowest BCUT2D eigenvalue weighted by Gasteiger charge is -2.28. The van der Waals surface area contributed by atoms with Gasteiger partial charge in [-0.15, -0.1) is 0 Å². The molecule has 2 aromatic rings. The summed E-state index contributed by atoms with van der Waals surface area (Å²) in [6, 6.07) is 3.26. The number of likely N-dealkylation sites (N-methyl/N-ethyl adjacent to an activating group) is 1. The lowest BCUT2D eigenvalue weighted by atomic mass is 9.94. The molecule has 0 radical (unpaired) electrons. The standard InChI is InChI=1S/C31H47ClN4O10Si/c1-19(34(6)30(39)46-31(3,4)5)16-45-17-24-26(35(20(2)33-24)18-44-12-13-47(9,10)11)21-14-22(27(36(40)41)23(32)15-21)25(28(37)42-7)29(38)43-8/h14-15,19,25H,12-13,16-18H2,1-11H3. The third-order valence-corrected chi connectivity index (χ3v) is 9.11. The predicted molar refractivity (Wildman–Crippen MR) is 178 cm³/mol. The Hall–Kier alpha value is -3.53. The minimum absolute atomic E-state index is 0.0219. The quantitative estimate of drug-likeness (QED) is 0.0412. The Kier molecular flexibility index (Phi) is 13.9. The maximum Gasteiger partial charge on any atom is 0.410 e. The van der Waals surface area contributed by atoms with Crippen molar-refractivity contribution in [2.75, 3.05) is 34.5 Å². The number of carbonyl (C=O) groups is 3. The molecule has 0 spiro atoms. The zero-order valence-electron chi connectivity index (χ0n) is 29.1. The van der Waals surface area contributed by atoms with E-state index in [4.69, 9.17) is 40.3 Å². The molecule has 2 rings (SSSR count). The number of halogens is 1. The van der Waals surface area contributed by atoms with Crippen LogP contribution in [0.4, 0.5) is 10.5 Å². The summed E-state index contributed by atoms with van der Waals surface area (Å²) in [5.41, 5.74) is -0.390. The van der Waals surface area contributed by atoms with Crippen molar-refractivity contribution in [3.8, 4) is 11.3 Å². The van der Waals surface area contributed by atoms with Gasteiger partial charge in [-0.3, -0.25) is 19.7 Å². The summed E-state index contributed by atoms with van der Waals surface area (Å²) in [7, 11) is 2.34. The van der Waals surface area contributed by atoms with Crippen LogP contribution in [-0.4, -0.2) is 91.6 Å². The Morgan fingerprint density at radius 1 is 1.11 bits per heavy atom. The number of hydrogen-bond donors (Lipinski definition) is 0. The molecular formula is C31H47ClN4O10Si. The maximum absolute atomic E-state index is 12.7. The molecule has 14 nitrogen and oxygen atoms in total. The predicted octanol–water partition coefficient (Wildman–Crippen LogP) is 5.93. The molecule has 262 valence electrons. The van der Waals surface area contributed by atoms with Crippen molar-refractivity contribution in [1.29, 1.82) is 0 Å². The molecule has 1 unspecified atom stereocenters. The van der Waals surface area contributed by atoms with E-state index in [-0.39, 0.29) is 36.6 Å². The van der Waals surface area contributed by atoms with E-state index >= 15 is 0 Å². The third-order valence-electron chi connectivity index (χ3n) is 7.12. The molecule has 1 atom stereocenters. The topological polar surface area (TPSA) is 162 Å². The van der Waals surface area contributed by atoms with E-state index in [9.17, 15) is 24.5 Å². The van der Waals surface area contributed by atoms with E-state index in [2.05, 4.69) is 19.6 Å². The van der Waals surface area contributed by atoms with Gasteiger partial charge in [0.25, 0.3) is 5.69 Å². The first-order valence-corrected chi connectivity index (χ1v) is 19.1. The second-order valence-corrected chi connectivity index (χ2v) is 19.3. The molecule has 0 saturated carbocycles. The first-order valence-electron chi connectivity index (χ1n) is 15.0. The molecule has 0 aliphatic rings. The van der Waals surface area contributed by atoms with Gasteiger partial charge in [0.05, 0.1) is 55.3 Å². The Morgan fingerprint density at radius 2 is 1.70 bits per heavy atom. The number of nitro groups is 1. The Morgan fingerprint density at radius 3 is 2.21 bits per heavy atom. The van der Waals surface area contributed by atoms with Crippen molar-refractivity contribution in [3.05, 3.63) is 44.4 Å². The molecule has 0 saturated heterocycles. The normalized spacial score (nSPS) is 12.5. The highest BCUT2D eigenvalue weighted by molar-refractivity contribution is 6.76. The Balaban J connectivity index is 2.62. The van der Waals surface area contributed by atoms with Crippen LogP contribution in [0.1, 0.15) is 50.7 Å². The molecule has 16 heteroatoms. The van der Waals surface area contributed by atoms with E-state index in [0.29, 0.717) is 29.4 Å². The van der Waals surface area contributed by atoms with Gasteiger partial charge >= 0.3 is 18.0 Å².